The summed E-state index contributed by atoms with van der Waals surface area (Å²) in [4.78, 5) is 14.2. The largest absolute Gasteiger partial charge is 0.495 e. The Kier molecular flexibility index (Phi) is 7.95. The minimum absolute atomic E-state index is 0.00441. The van der Waals surface area contributed by atoms with Crippen LogP contribution in [0.25, 0.3) is 0 Å². The van der Waals surface area contributed by atoms with Crippen LogP contribution < -0.4 is 14.8 Å². The molecular weight excluding hydrogens is 444 g/mol. The topological polar surface area (TPSA) is 84.5 Å². The normalized spacial score (nSPS) is 12.2. The number of anilines is 1. The van der Waals surface area contributed by atoms with Crippen LogP contribution in [0.3, 0.4) is 0 Å². The first kappa shape index (κ1) is 23.8. The summed E-state index contributed by atoms with van der Waals surface area (Å²) in [6.07, 6.45) is 2.14. The van der Waals surface area contributed by atoms with Crippen molar-refractivity contribution >= 4 is 33.4 Å². The van der Waals surface area contributed by atoms with Gasteiger partial charge in [-0.2, -0.15) is 4.72 Å². The molecule has 0 saturated heterocycles. The molecule has 0 spiro atoms. The molecule has 1 amide bonds. The van der Waals surface area contributed by atoms with E-state index in [4.69, 9.17) is 4.74 Å². The van der Waals surface area contributed by atoms with Gasteiger partial charge in [-0.1, -0.05) is 42.5 Å². The number of methoxy groups -OCH3 is 1. The molecule has 0 aliphatic rings. The first-order chi connectivity index (χ1) is 15.3. The Labute approximate surface area is 193 Å². The van der Waals surface area contributed by atoms with Gasteiger partial charge >= 0.3 is 0 Å². The van der Waals surface area contributed by atoms with E-state index >= 15 is 0 Å². The summed E-state index contributed by atoms with van der Waals surface area (Å²) in [6, 6.07) is 20.6. The summed E-state index contributed by atoms with van der Waals surface area (Å²) < 4.78 is 34.3. The Bertz CT molecular complexity index is 1180. The van der Waals surface area contributed by atoms with Gasteiger partial charge in [-0.05, 0) is 61.1 Å². The van der Waals surface area contributed by atoms with Gasteiger partial charge in [0, 0.05) is 10.6 Å². The molecule has 0 bridgehead atoms. The van der Waals surface area contributed by atoms with E-state index in [-0.39, 0.29) is 17.1 Å². The molecular formula is C24H26N2O4S2. The molecule has 3 rings (SSSR count). The Morgan fingerprint density at radius 3 is 2.47 bits per heavy atom. The summed E-state index contributed by atoms with van der Waals surface area (Å²) in [5.41, 5.74) is 2.21. The fourth-order valence-corrected chi connectivity index (χ4v) is 5.12. The predicted molar refractivity (Wildman–Crippen MR) is 129 cm³/mol. The van der Waals surface area contributed by atoms with E-state index in [2.05, 4.69) is 10.0 Å². The first-order valence-electron chi connectivity index (χ1n) is 9.98. The number of rotatable bonds is 9. The number of hydrogen-bond acceptors (Lipinski definition) is 5. The lowest BCUT2D eigenvalue weighted by atomic mass is 10.1. The molecule has 1 atom stereocenters. The molecule has 0 fully saturated rings. The average molecular weight is 471 g/mol. The van der Waals surface area contributed by atoms with Crippen LogP contribution in [0.5, 0.6) is 5.75 Å². The van der Waals surface area contributed by atoms with Crippen molar-refractivity contribution in [1.82, 2.24) is 4.72 Å². The first-order valence-corrected chi connectivity index (χ1v) is 12.7. The third-order valence-electron chi connectivity index (χ3n) is 4.84. The van der Waals surface area contributed by atoms with Gasteiger partial charge in [0.2, 0.25) is 15.9 Å². The smallest absolute Gasteiger partial charge is 0.245 e. The Balaban J connectivity index is 1.92. The number of carbonyl (C=O) groups is 1. The van der Waals surface area contributed by atoms with Crippen LogP contribution in [0.2, 0.25) is 0 Å². The lowest BCUT2D eigenvalue weighted by molar-refractivity contribution is -0.117. The van der Waals surface area contributed by atoms with Gasteiger partial charge in [0.25, 0.3) is 0 Å². The SMILES string of the molecule is COc1ccc(C)cc1S(=O)(=O)N[C@@H](Cc1ccccc1)C(=O)Nc1cccc(SC)c1. The Morgan fingerprint density at radius 2 is 1.78 bits per heavy atom. The van der Waals surface area contributed by atoms with Gasteiger partial charge in [-0.15, -0.1) is 11.8 Å². The number of sulfonamides is 1. The van der Waals surface area contributed by atoms with Gasteiger partial charge in [0.15, 0.2) is 0 Å². The minimum Gasteiger partial charge on any atom is -0.495 e. The number of hydrogen-bond donors (Lipinski definition) is 2. The molecule has 0 aliphatic carbocycles. The maximum Gasteiger partial charge on any atom is 0.245 e. The van der Waals surface area contributed by atoms with Crippen molar-refractivity contribution < 1.29 is 17.9 Å². The summed E-state index contributed by atoms with van der Waals surface area (Å²) >= 11 is 1.56. The molecule has 6 nitrogen and oxygen atoms in total. The summed E-state index contributed by atoms with van der Waals surface area (Å²) in [5.74, 6) is -0.225. The maximum atomic E-state index is 13.2. The Morgan fingerprint density at radius 1 is 1.03 bits per heavy atom. The predicted octanol–water partition coefficient (Wildman–Crippen LogP) is 4.25. The van der Waals surface area contributed by atoms with E-state index in [1.807, 2.05) is 54.8 Å². The molecule has 3 aromatic carbocycles. The van der Waals surface area contributed by atoms with Crippen molar-refractivity contribution in [3.63, 3.8) is 0 Å². The highest BCUT2D eigenvalue weighted by Gasteiger charge is 2.28. The van der Waals surface area contributed by atoms with Crippen molar-refractivity contribution in [1.29, 1.82) is 0 Å². The van der Waals surface area contributed by atoms with Gasteiger partial charge in [0.05, 0.1) is 7.11 Å². The van der Waals surface area contributed by atoms with Crippen LogP contribution >= 0.6 is 11.8 Å². The third kappa shape index (κ3) is 6.12. The highest BCUT2D eigenvalue weighted by Crippen LogP contribution is 2.25. The zero-order valence-electron chi connectivity index (χ0n) is 18.2. The van der Waals surface area contributed by atoms with Gasteiger partial charge in [-0.25, -0.2) is 8.42 Å². The lowest BCUT2D eigenvalue weighted by Crippen LogP contribution is -2.45. The van der Waals surface area contributed by atoms with Gasteiger partial charge < -0.3 is 10.1 Å². The van der Waals surface area contributed by atoms with Crippen LogP contribution in [0.4, 0.5) is 5.69 Å². The number of ether oxygens (including phenoxy) is 1. The number of nitrogens with one attached hydrogen (secondary N) is 2. The van der Waals surface area contributed by atoms with E-state index in [0.717, 1.165) is 16.0 Å². The monoisotopic (exact) mass is 470 g/mol. The van der Waals surface area contributed by atoms with Crippen molar-refractivity contribution in [2.24, 2.45) is 0 Å². The summed E-state index contributed by atoms with van der Waals surface area (Å²) in [7, 11) is -2.62. The van der Waals surface area contributed by atoms with Crippen molar-refractivity contribution in [2.75, 3.05) is 18.7 Å². The molecule has 0 unspecified atom stereocenters. The molecule has 3 aromatic rings. The highest BCUT2D eigenvalue weighted by molar-refractivity contribution is 7.98. The second-order valence-electron chi connectivity index (χ2n) is 7.24. The fourth-order valence-electron chi connectivity index (χ4n) is 3.21. The molecule has 2 N–H and O–H groups in total. The molecule has 8 heteroatoms. The zero-order valence-corrected chi connectivity index (χ0v) is 19.8. The van der Waals surface area contributed by atoms with Crippen LogP contribution in [-0.2, 0) is 21.2 Å². The molecule has 0 radical (unpaired) electrons. The summed E-state index contributed by atoms with van der Waals surface area (Å²) in [6.45, 7) is 1.80. The quantitative estimate of drug-likeness (QED) is 0.457. The van der Waals surface area contributed by atoms with Gasteiger partial charge in [0.1, 0.15) is 16.7 Å². The summed E-state index contributed by atoms with van der Waals surface area (Å²) in [5, 5.41) is 2.84. The van der Waals surface area contributed by atoms with E-state index in [1.54, 1.807) is 36.9 Å². The van der Waals surface area contributed by atoms with Crippen LogP contribution in [0.15, 0.2) is 82.6 Å². The van der Waals surface area contributed by atoms with E-state index in [0.29, 0.717) is 5.69 Å². The number of amides is 1. The van der Waals surface area contributed by atoms with Crippen molar-refractivity contribution in [3.05, 3.63) is 83.9 Å². The number of thioether (sulfide) groups is 1. The molecule has 0 saturated carbocycles. The fraction of sp³-hybridized carbons (Fsp3) is 0.208. The average Bonchev–Trinajstić information content (AvgIpc) is 2.79. The number of aryl methyl sites for hydroxylation is 1. The zero-order chi connectivity index (χ0) is 23.1. The second kappa shape index (κ2) is 10.7. The van der Waals surface area contributed by atoms with E-state index in [9.17, 15) is 13.2 Å². The standard InChI is InChI=1S/C24H26N2O4S2/c1-17-12-13-22(30-2)23(14-17)32(28,29)26-21(15-18-8-5-4-6-9-18)24(27)25-19-10-7-11-20(16-19)31-3/h4-14,16,21,26H,15H2,1-3H3,(H,25,27)/t21-/m0/s1. The van der Waals surface area contributed by atoms with Crippen LogP contribution in [0, 0.1) is 6.92 Å². The van der Waals surface area contributed by atoms with Crippen LogP contribution in [0.1, 0.15) is 11.1 Å². The Hall–Kier alpha value is -2.81. The van der Waals surface area contributed by atoms with Crippen LogP contribution in [-0.4, -0.2) is 33.7 Å². The molecule has 0 aromatic heterocycles. The molecule has 0 heterocycles. The number of carbonyl (C=O) groups excluding carboxylic acids is 1. The molecule has 168 valence electrons. The van der Waals surface area contributed by atoms with Crippen molar-refractivity contribution in [3.8, 4) is 5.75 Å². The highest BCUT2D eigenvalue weighted by atomic mass is 32.2. The molecule has 0 aliphatic heterocycles. The number of benzene rings is 3. The van der Waals surface area contributed by atoms with E-state index in [1.165, 1.54) is 13.2 Å². The van der Waals surface area contributed by atoms with Crippen molar-refractivity contribution in [2.45, 2.75) is 29.2 Å². The van der Waals surface area contributed by atoms with E-state index < -0.39 is 22.0 Å². The minimum atomic E-state index is -4.03. The second-order valence-corrected chi connectivity index (χ2v) is 9.80. The lowest BCUT2D eigenvalue weighted by Gasteiger charge is -2.20. The third-order valence-corrected chi connectivity index (χ3v) is 7.06. The maximum absolute atomic E-state index is 13.2. The van der Waals surface area contributed by atoms with Gasteiger partial charge in [-0.3, -0.25) is 4.79 Å². The molecule has 32 heavy (non-hydrogen) atoms.